The summed E-state index contributed by atoms with van der Waals surface area (Å²) in [5.74, 6) is 0.830. The van der Waals surface area contributed by atoms with Crippen molar-refractivity contribution >= 4 is 5.91 Å². The van der Waals surface area contributed by atoms with E-state index >= 15 is 0 Å². The summed E-state index contributed by atoms with van der Waals surface area (Å²) >= 11 is 0. The molecule has 0 aliphatic heterocycles. The summed E-state index contributed by atoms with van der Waals surface area (Å²) in [6, 6.07) is 0. The Morgan fingerprint density at radius 3 is 2.15 bits per heavy atom. The largest absolute Gasteiger partial charge is 0.393 e. The van der Waals surface area contributed by atoms with Gasteiger partial charge in [0, 0.05) is 19.6 Å². The predicted octanol–water partition coefficient (Wildman–Crippen LogP) is 2.12. The number of rotatable bonds is 10. The minimum atomic E-state index is -0.102. The van der Waals surface area contributed by atoms with Crippen LogP contribution in [0.2, 0.25) is 0 Å². The Hall–Kier alpha value is -0.610. The van der Waals surface area contributed by atoms with Crippen LogP contribution in [0, 0.1) is 5.92 Å². The molecule has 1 fully saturated rings. The summed E-state index contributed by atoms with van der Waals surface area (Å²) in [6.45, 7) is 7.56. The van der Waals surface area contributed by atoms with Gasteiger partial charge < -0.3 is 10.0 Å². The molecule has 4 nitrogen and oxygen atoms in total. The smallest absolute Gasteiger partial charge is 0.236 e. The minimum absolute atomic E-state index is 0.102. The van der Waals surface area contributed by atoms with Gasteiger partial charge in [-0.3, -0.25) is 9.69 Å². The molecule has 0 heterocycles. The fraction of sp³-hybridized carbons (Fsp3) is 0.938. The second-order valence-corrected chi connectivity index (χ2v) is 6.28. The SMILES string of the molecule is CCCCN(CCCC)C(=O)CN(C)CC1CC(O)C1. The Bertz CT molecular complexity index is 270. The normalized spacial score (nSPS) is 21.9. The van der Waals surface area contributed by atoms with Crippen molar-refractivity contribution in [3.63, 3.8) is 0 Å². The van der Waals surface area contributed by atoms with Crippen molar-refractivity contribution in [2.75, 3.05) is 33.2 Å². The van der Waals surface area contributed by atoms with Crippen LogP contribution in [0.4, 0.5) is 0 Å². The van der Waals surface area contributed by atoms with Gasteiger partial charge in [-0.1, -0.05) is 26.7 Å². The van der Waals surface area contributed by atoms with E-state index in [-0.39, 0.29) is 12.0 Å². The Morgan fingerprint density at radius 1 is 1.15 bits per heavy atom. The van der Waals surface area contributed by atoms with Crippen LogP contribution in [0.5, 0.6) is 0 Å². The molecule has 0 aromatic heterocycles. The van der Waals surface area contributed by atoms with Gasteiger partial charge in [0.1, 0.15) is 0 Å². The van der Waals surface area contributed by atoms with Crippen LogP contribution >= 0.6 is 0 Å². The standard InChI is InChI=1S/C16H32N2O2/c1-4-6-8-18(9-7-5-2)16(20)13-17(3)12-14-10-15(19)11-14/h14-15,19H,4-13H2,1-3H3. The average molecular weight is 284 g/mol. The Kier molecular flexibility index (Phi) is 8.15. The van der Waals surface area contributed by atoms with Gasteiger partial charge >= 0.3 is 0 Å². The first-order valence-electron chi connectivity index (χ1n) is 8.21. The molecule has 118 valence electrons. The number of aliphatic hydroxyl groups excluding tert-OH is 1. The number of carbonyl (C=O) groups is 1. The highest BCUT2D eigenvalue weighted by Gasteiger charge is 2.28. The van der Waals surface area contributed by atoms with Crippen molar-refractivity contribution in [1.29, 1.82) is 0 Å². The monoisotopic (exact) mass is 284 g/mol. The van der Waals surface area contributed by atoms with Gasteiger partial charge in [0.15, 0.2) is 0 Å². The zero-order chi connectivity index (χ0) is 15.0. The minimum Gasteiger partial charge on any atom is -0.393 e. The molecular weight excluding hydrogens is 252 g/mol. The molecule has 0 aromatic carbocycles. The molecule has 1 aliphatic carbocycles. The summed E-state index contributed by atoms with van der Waals surface area (Å²) in [5.41, 5.74) is 0. The van der Waals surface area contributed by atoms with Gasteiger partial charge in [-0.2, -0.15) is 0 Å². The first-order chi connectivity index (χ1) is 9.56. The first kappa shape index (κ1) is 17.4. The van der Waals surface area contributed by atoms with Crippen molar-refractivity contribution in [3.8, 4) is 0 Å². The molecule has 4 heteroatoms. The fourth-order valence-corrected chi connectivity index (χ4v) is 2.74. The van der Waals surface area contributed by atoms with Gasteiger partial charge in [-0.15, -0.1) is 0 Å². The highest BCUT2D eigenvalue weighted by atomic mass is 16.3. The zero-order valence-corrected chi connectivity index (χ0v) is 13.5. The molecule has 1 N–H and O–H groups in total. The number of aliphatic hydroxyl groups is 1. The molecule has 0 radical (unpaired) electrons. The molecule has 1 saturated carbocycles. The van der Waals surface area contributed by atoms with Crippen LogP contribution in [-0.2, 0) is 4.79 Å². The molecule has 1 aliphatic rings. The van der Waals surface area contributed by atoms with Crippen molar-refractivity contribution in [3.05, 3.63) is 0 Å². The Labute approximate surface area is 124 Å². The molecule has 0 atom stereocenters. The van der Waals surface area contributed by atoms with Crippen LogP contribution in [-0.4, -0.2) is 60.1 Å². The van der Waals surface area contributed by atoms with Crippen LogP contribution in [0.1, 0.15) is 52.4 Å². The van der Waals surface area contributed by atoms with Crippen molar-refractivity contribution in [2.45, 2.75) is 58.5 Å². The van der Waals surface area contributed by atoms with Crippen LogP contribution in [0.25, 0.3) is 0 Å². The maximum absolute atomic E-state index is 12.4. The topological polar surface area (TPSA) is 43.8 Å². The van der Waals surface area contributed by atoms with Crippen molar-refractivity contribution in [2.24, 2.45) is 5.92 Å². The van der Waals surface area contributed by atoms with E-state index in [0.717, 1.165) is 58.2 Å². The van der Waals surface area contributed by atoms with E-state index in [1.807, 2.05) is 11.9 Å². The maximum atomic E-state index is 12.4. The molecule has 1 amide bonds. The quantitative estimate of drug-likeness (QED) is 0.668. The lowest BCUT2D eigenvalue weighted by Gasteiger charge is -2.35. The number of hydrogen-bond donors (Lipinski definition) is 1. The molecule has 0 bridgehead atoms. The van der Waals surface area contributed by atoms with Gasteiger partial charge in [-0.05, 0) is 38.6 Å². The third kappa shape index (κ3) is 6.23. The number of carbonyl (C=O) groups excluding carboxylic acids is 1. The molecule has 0 spiro atoms. The number of amides is 1. The highest BCUT2D eigenvalue weighted by Crippen LogP contribution is 2.27. The van der Waals surface area contributed by atoms with E-state index in [1.54, 1.807) is 0 Å². The molecule has 20 heavy (non-hydrogen) atoms. The Balaban J connectivity index is 2.30. The lowest BCUT2D eigenvalue weighted by molar-refractivity contribution is -0.132. The van der Waals surface area contributed by atoms with E-state index in [9.17, 15) is 9.90 Å². The first-order valence-corrected chi connectivity index (χ1v) is 8.21. The second-order valence-electron chi connectivity index (χ2n) is 6.28. The van der Waals surface area contributed by atoms with Gasteiger partial charge in [0.05, 0.1) is 12.6 Å². The van der Waals surface area contributed by atoms with Gasteiger partial charge in [0.2, 0.25) is 5.91 Å². The number of likely N-dealkylation sites (N-methyl/N-ethyl adjacent to an activating group) is 1. The maximum Gasteiger partial charge on any atom is 0.236 e. The van der Waals surface area contributed by atoms with Crippen molar-refractivity contribution in [1.82, 2.24) is 9.80 Å². The average Bonchev–Trinajstić information content (AvgIpc) is 2.36. The summed E-state index contributed by atoms with van der Waals surface area (Å²) < 4.78 is 0. The van der Waals surface area contributed by atoms with E-state index in [4.69, 9.17) is 0 Å². The zero-order valence-electron chi connectivity index (χ0n) is 13.5. The number of unbranched alkanes of at least 4 members (excludes halogenated alkanes) is 2. The molecule has 0 unspecified atom stereocenters. The lowest BCUT2D eigenvalue weighted by atomic mass is 9.82. The van der Waals surface area contributed by atoms with E-state index in [2.05, 4.69) is 18.7 Å². The molecule has 0 saturated heterocycles. The van der Waals surface area contributed by atoms with Crippen LogP contribution in [0.3, 0.4) is 0 Å². The van der Waals surface area contributed by atoms with E-state index < -0.39 is 0 Å². The van der Waals surface area contributed by atoms with E-state index in [1.165, 1.54) is 0 Å². The Morgan fingerprint density at radius 2 is 1.70 bits per heavy atom. The molecule has 0 aromatic rings. The predicted molar refractivity (Wildman–Crippen MR) is 82.6 cm³/mol. The van der Waals surface area contributed by atoms with E-state index in [0.29, 0.717) is 12.5 Å². The summed E-state index contributed by atoms with van der Waals surface area (Å²) in [7, 11) is 2.01. The number of hydrogen-bond acceptors (Lipinski definition) is 3. The molecule has 1 rings (SSSR count). The van der Waals surface area contributed by atoms with Gasteiger partial charge in [-0.25, -0.2) is 0 Å². The highest BCUT2D eigenvalue weighted by molar-refractivity contribution is 5.78. The number of nitrogens with zero attached hydrogens (tertiary/aromatic N) is 2. The lowest BCUT2D eigenvalue weighted by Crippen LogP contribution is -2.43. The summed E-state index contributed by atoms with van der Waals surface area (Å²) in [5, 5.41) is 9.30. The molecular formula is C16H32N2O2. The van der Waals surface area contributed by atoms with Crippen LogP contribution in [0.15, 0.2) is 0 Å². The van der Waals surface area contributed by atoms with Gasteiger partial charge in [0.25, 0.3) is 0 Å². The summed E-state index contributed by atoms with van der Waals surface area (Å²) in [4.78, 5) is 16.5. The summed E-state index contributed by atoms with van der Waals surface area (Å²) in [6.07, 6.45) is 6.14. The fourth-order valence-electron chi connectivity index (χ4n) is 2.74. The second kappa shape index (κ2) is 9.35. The third-order valence-corrected chi connectivity index (χ3v) is 4.10. The third-order valence-electron chi connectivity index (χ3n) is 4.10. The van der Waals surface area contributed by atoms with Crippen molar-refractivity contribution < 1.29 is 9.90 Å². The van der Waals surface area contributed by atoms with Crippen LogP contribution < -0.4 is 0 Å².